The zero-order valence-corrected chi connectivity index (χ0v) is 12.7. The summed E-state index contributed by atoms with van der Waals surface area (Å²) in [5, 5.41) is 0.320. The van der Waals surface area contributed by atoms with Gasteiger partial charge in [-0.05, 0) is 36.6 Å². The number of pyridine rings is 1. The summed E-state index contributed by atoms with van der Waals surface area (Å²) in [5.74, 6) is -0.929. The minimum atomic E-state index is -0.479. The van der Waals surface area contributed by atoms with E-state index >= 15 is 0 Å². The van der Waals surface area contributed by atoms with Crippen molar-refractivity contribution in [3.63, 3.8) is 0 Å². The van der Waals surface area contributed by atoms with Gasteiger partial charge < -0.3 is 0 Å². The first-order chi connectivity index (χ1) is 10.1. The third kappa shape index (κ3) is 3.96. The van der Waals surface area contributed by atoms with Crippen molar-refractivity contribution in [2.45, 2.75) is 4.90 Å². The second-order valence-corrected chi connectivity index (χ2v) is 5.28. The number of amides is 2. The van der Waals surface area contributed by atoms with Gasteiger partial charge in [0.05, 0.1) is 16.1 Å². The molecule has 0 aliphatic carbocycles. The van der Waals surface area contributed by atoms with Gasteiger partial charge in [0.25, 0.3) is 11.8 Å². The lowest BCUT2D eigenvalue weighted by Gasteiger charge is -2.09. The quantitative estimate of drug-likeness (QED) is 0.673. The number of aromatic nitrogens is 1. The molecule has 21 heavy (non-hydrogen) atoms. The third-order valence-corrected chi connectivity index (χ3v) is 3.69. The third-order valence-electron chi connectivity index (χ3n) is 2.63. The van der Waals surface area contributed by atoms with E-state index in [1.165, 1.54) is 18.0 Å². The van der Waals surface area contributed by atoms with Crippen LogP contribution in [0, 0.1) is 0 Å². The van der Waals surface area contributed by atoms with Crippen molar-refractivity contribution in [2.24, 2.45) is 0 Å². The zero-order valence-electron chi connectivity index (χ0n) is 11.1. The summed E-state index contributed by atoms with van der Waals surface area (Å²) in [6, 6.07) is 8.35. The van der Waals surface area contributed by atoms with Crippen molar-refractivity contribution in [1.29, 1.82) is 0 Å². The van der Waals surface area contributed by atoms with Crippen LogP contribution in [0.25, 0.3) is 0 Å². The average molecular weight is 322 g/mol. The number of nitrogens with zero attached hydrogens (tertiary/aromatic N) is 1. The highest BCUT2D eigenvalue weighted by atomic mass is 35.5. The maximum Gasteiger partial charge on any atom is 0.271 e. The number of nitrogens with one attached hydrogen (secondary N) is 2. The number of benzene rings is 1. The molecule has 108 valence electrons. The molecule has 2 N–H and O–H groups in total. The zero-order chi connectivity index (χ0) is 15.2. The van der Waals surface area contributed by atoms with Crippen LogP contribution in [0.2, 0.25) is 5.02 Å². The molecule has 0 atom stereocenters. The predicted octanol–water partition coefficient (Wildman–Crippen LogP) is 2.53. The van der Waals surface area contributed by atoms with E-state index in [9.17, 15) is 9.59 Å². The van der Waals surface area contributed by atoms with Crippen LogP contribution < -0.4 is 10.9 Å². The lowest BCUT2D eigenvalue weighted by Crippen LogP contribution is -2.41. The van der Waals surface area contributed by atoms with Crippen LogP contribution in [-0.4, -0.2) is 23.1 Å². The van der Waals surface area contributed by atoms with Crippen molar-refractivity contribution in [3.05, 3.63) is 58.9 Å². The van der Waals surface area contributed by atoms with Gasteiger partial charge in [-0.3, -0.25) is 25.4 Å². The SMILES string of the molecule is CSc1ccc(Cl)c(C(=O)NNC(=O)c2cccnc2)c1. The van der Waals surface area contributed by atoms with Crippen LogP contribution in [0.1, 0.15) is 20.7 Å². The van der Waals surface area contributed by atoms with E-state index in [-0.39, 0.29) is 0 Å². The molecule has 2 amide bonds. The van der Waals surface area contributed by atoms with Gasteiger partial charge >= 0.3 is 0 Å². The molecule has 0 saturated heterocycles. The summed E-state index contributed by atoms with van der Waals surface area (Å²) in [4.78, 5) is 28.6. The van der Waals surface area contributed by atoms with Gasteiger partial charge in [-0.25, -0.2) is 0 Å². The Kier molecular flexibility index (Phi) is 5.19. The van der Waals surface area contributed by atoms with Gasteiger partial charge in [0.15, 0.2) is 0 Å². The van der Waals surface area contributed by atoms with Crippen molar-refractivity contribution < 1.29 is 9.59 Å². The number of hydrazine groups is 1. The van der Waals surface area contributed by atoms with E-state index in [0.29, 0.717) is 16.1 Å². The fraction of sp³-hybridized carbons (Fsp3) is 0.0714. The Labute approximate surface area is 131 Å². The first-order valence-electron chi connectivity index (χ1n) is 5.96. The van der Waals surface area contributed by atoms with Gasteiger partial charge in [0, 0.05) is 17.3 Å². The molecular weight excluding hydrogens is 310 g/mol. The molecule has 0 radical (unpaired) electrons. The van der Waals surface area contributed by atoms with E-state index in [2.05, 4.69) is 15.8 Å². The normalized spacial score (nSPS) is 10.0. The molecule has 0 aliphatic heterocycles. The van der Waals surface area contributed by atoms with Crippen LogP contribution in [0.15, 0.2) is 47.6 Å². The van der Waals surface area contributed by atoms with E-state index in [4.69, 9.17) is 11.6 Å². The molecule has 1 heterocycles. The molecule has 0 saturated carbocycles. The summed E-state index contributed by atoms with van der Waals surface area (Å²) in [7, 11) is 0. The fourth-order valence-electron chi connectivity index (χ4n) is 1.56. The molecule has 0 fully saturated rings. The Morgan fingerprint density at radius 2 is 1.95 bits per heavy atom. The lowest BCUT2D eigenvalue weighted by molar-refractivity contribution is 0.0846. The summed E-state index contributed by atoms with van der Waals surface area (Å²) >= 11 is 7.48. The fourth-order valence-corrected chi connectivity index (χ4v) is 2.20. The summed E-state index contributed by atoms with van der Waals surface area (Å²) in [6.07, 6.45) is 4.86. The number of hydrogen-bond acceptors (Lipinski definition) is 4. The van der Waals surface area contributed by atoms with Gasteiger partial charge in [-0.1, -0.05) is 11.6 Å². The topological polar surface area (TPSA) is 71.1 Å². The minimum Gasteiger partial charge on any atom is -0.267 e. The molecule has 1 aromatic carbocycles. The Bertz CT molecular complexity index is 665. The van der Waals surface area contributed by atoms with E-state index in [1.54, 1.807) is 30.5 Å². The molecule has 2 aromatic rings. The van der Waals surface area contributed by atoms with Crippen molar-refractivity contribution in [3.8, 4) is 0 Å². The van der Waals surface area contributed by atoms with Crippen LogP contribution >= 0.6 is 23.4 Å². The Morgan fingerprint density at radius 3 is 2.62 bits per heavy atom. The Morgan fingerprint density at radius 1 is 1.19 bits per heavy atom. The Hall–Kier alpha value is -2.05. The van der Waals surface area contributed by atoms with Gasteiger partial charge in [0.1, 0.15) is 0 Å². The highest BCUT2D eigenvalue weighted by molar-refractivity contribution is 7.98. The first kappa shape index (κ1) is 15.3. The van der Waals surface area contributed by atoms with E-state index in [0.717, 1.165) is 4.90 Å². The highest BCUT2D eigenvalue weighted by Crippen LogP contribution is 2.22. The van der Waals surface area contributed by atoms with Crippen molar-refractivity contribution in [2.75, 3.05) is 6.26 Å². The summed E-state index contributed by atoms with van der Waals surface area (Å²) < 4.78 is 0. The van der Waals surface area contributed by atoms with Crippen LogP contribution in [0.4, 0.5) is 0 Å². The van der Waals surface area contributed by atoms with E-state index in [1.807, 2.05) is 12.3 Å². The first-order valence-corrected chi connectivity index (χ1v) is 7.56. The van der Waals surface area contributed by atoms with Gasteiger partial charge in [-0.2, -0.15) is 0 Å². The highest BCUT2D eigenvalue weighted by Gasteiger charge is 2.12. The maximum absolute atomic E-state index is 12.0. The number of rotatable bonds is 3. The Balaban J connectivity index is 2.04. The van der Waals surface area contributed by atoms with Crippen molar-refractivity contribution in [1.82, 2.24) is 15.8 Å². The monoisotopic (exact) mass is 321 g/mol. The lowest BCUT2D eigenvalue weighted by atomic mass is 10.2. The molecule has 2 rings (SSSR count). The van der Waals surface area contributed by atoms with Crippen LogP contribution in [0.3, 0.4) is 0 Å². The second-order valence-electron chi connectivity index (χ2n) is 4.00. The standard InChI is InChI=1S/C14H12ClN3O2S/c1-21-10-4-5-12(15)11(7-10)14(20)18-17-13(19)9-3-2-6-16-8-9/h2-8H,1H3,(H,17,19)(H,18,20). The molecule has 0 aliphatic rings. The second kappa shape index (κ2) is 7.10. The largest absolute Gasteiger partial charge is 0.271 e. The van der Waals surface area contributed by atoms with Crippen molar-refractivity contribution >= 4 is 35.2 Å². The van der Waals surface area contributed by atoms with Gasteiger partial charge in [-0.15, -0.1) is 11.8 Å². The van der Waals surface area contributed by atoms with Crippen LogP contribution in [0.5, 0.6) is 0 Å². The summed E-state index contributed by atoms with van der Waals surface area (Å²) in [6.45, 7) is 0. The van der Waals surface area contributed by atoms with Crippen LogP contribution in [-0.2, 0) is 0 Å². The van der Waals surface area contributed by atoms with E-state index < -0.39 is 11.8 Å². The predicted molar refractivity (Wildman–Crippen MR) is 82.4 cm³/mol. The van der Waals surface area contributed by atoms with Gasteiger partial charge in [0.2, 0.25) is 0 Å². The number of halogens is 1. The number of carbonyl (C=O) groups excluding carboxylic acids is 2. The average Bonchev–Trinajstić information content (AvgIpc) is 2.53. The number of hydrogen-bond donors (Lipinski definition) is 2. The number of thioether (sulfide) groups is 1. The minimum absolute atomic E-state index is 0.301. The molecule has 0 spiro atoms. The summed E-state index contributed by atoms with van der Waals surface area (Å²) in [5.41, 5.74) is 5.30. The molecule has 7 heteroatoms. The molecule has 5 nitrogen and oxygen atoms in total. The number of carbonyl (C=O) groups is 2. The maximum atomic E-state index is 12.0. The smallest absolute Gasteiger partial charge is 0.267 e. The molecule has 0 bridgehead atoms. The molecule has 0 unspecified atom stereocenters. The molecule has 1 aromatic heterocycles. The molecular formula is C14H12ClN3O2S.